The molecule has 0 unspecified atom stereocenters. The van der Waals surface area contributed by atoms with Crippen LogP contribution in [0.5, 0.6) is 0 Å². The zero-order chi connectivity index (χ0) is 19.1. The molecule has 2 aromatic carbocycles. The van der Waals surface area contributed by atoms with E-state index in [2.05, 4.69) is 16.7 Å². The van der Waals surface area contributed by atoms with Crippen molar-refractivity contribution >= 4 is 5.97 Å². The van der Waals surface area contributed by atoms with Gasteiger partial charge >= 0.3 is 5.97 Å². The van der Waals surface area contributed by atoms with E-state index in [-0.39, 0.29) is 6.61 Å². The van der Waals surface area contributed by atoms with Crippen LogP contribution < -0.4 is 0 Å². The monoisotopic (exact) mass is 368 g/mol. The van der Waals surface area contributed by atoms with Crippen molar-refractivity contribution in [3.63, 3.8) is 0 Å². The lowest BCUT2D eigenvalue weighted by Gasteiger charge is -2.34. The minimum atomic E-state index is -1.80. The number of hydrogen-bond acceptors (Lipinski definition) is 5. The van der Waals surface area contributed by atoms with Crippen LogP contribution in [0.4, 0.5) is 0 Å². The highest BCUT2D eigenvalue weighted by molar-refractivity contribution is 5.85. The molecular formula is C22H28N2O3. The molecule has 2 aromatic rings. The topological polar surface area (TPSA) is 53.0 Å². The molecule has 0 aliphatic carbocycles. The van der Waals surface area contributed by atoms with Gasteiger partial charge < -0.3 is 14.7 Å². The number of aliphatic hydroxyl groups is 1. The number of likely N-dealkylation sites (N-methyl/N-ethyl adjacent to an activating group) is 1. The summed E-state index contributed by atoms with van der Waals surface area (Å²) in [5, 5.41) is 11.3. The number of piperazine rings is 1. The van der Waals surface area contributed by atoms with Gasteiger partial charge in [0.1, 0.15) is 6.61 Å². The van der Waals surface area contributed by atoms with E-state index in [1.807, 2.05) is 36.4 Å². The minimum Gasteiger partial charge on any atom is -0.462 e. The summed E-state index contributed by atoms with van der Waals surface area (Å²) in [5.41, 5.74) is -0.779. The van der Waals surface area contributed by atoms with Crippen LogP contribution in [0.1, 0.15) is 18.1 Å². The molecule has 0 atom stereocenters. The minimum absolute atomic E-state index is 0.271. The summed E-state index contributed by atoms with van der Waals surface area (Å²) < 4.78 is 5.53. The SMILES string of the molecule is CCN1CCN(CCOC(=O)C(O)(c2ccccc2)c2ccccc2)CC1. The largest absolute Gasteiger partial charge is 0.462 e. The van der Waals surface area contributed by atoms with Gasteiger partial charge in [0.2, 0.25) is 5.60 Å². The van der Waals surface area contributed by atoms with Crippen LogP contribution in [-0.4, -0.2) is 66.8 Å². The third-order valence-electron chi connectivity index (χ3n) is 5.23. The second-order valence-corrected chi connectivity index (χ2v) is 6.85. The lowest BCUT2D eigenvalue weighted by Crippen LogP contribution is -2.47. The lowest BCUT2D eigenvalue weighted by atomic mass is 9.86. The van der Waals surface area contributed by atoms with Gasteiger partial charge in [0.15, 0.2) is 0 Å². The number of hydrogen-bond donors (Lipinski definition) is 1. The molecule has 3 rings (SSSR count). The van der Waals surface area contributed by atoms with Crippen LogP contribution >= 0.6 is 0 Å². The highest BCUT2D eigenvalue weighted by Crippen LogP contribution is 2.31. The third kappa shape index (κ3) is 4.56. The Morgan fingerprint density at radius 2 is 1.41 bits per heavy atom. The van der Waals surface area contributed by atoms with Gasteiger partial charge in [-0.05, 0) is 17.7 Å². The molecule has 1 aliphatic heterocycles. The van der Waals surface area contributed by atoms with E-state index < -0.39 is 11.6 Å². The van der Waals surface area contributed by atoms with Crippen LogP contribution in [0.25, 0.3) is 0 Å². The molecule has 1 heterocycles. The maximum Gasteiger partial charge on any atom is 0.347 e. The van der Waals surface area contributed by atoms with E-state index in [1.165, 1.54) is 0 Å². The van der Waals surface area contributed by atoms with E-state index in [9.17, 15) is 9.90 Å². The number of carbonyl (C=O) groups excluding carboxylic acids is 1. The number of carbonyl (C=O) groups is 1. The van der Waals surface area contributed by atoms with Gasteiger partial charge in [0.05, 0.1) is 0 Å². The van der Waals surface area contributed by atoms with Crippen molar-refractivity contribution in [3.8, 4) is 0 Å². The second-order valence-electron chi connectivity index (χ2n) is 6.85. The van der Waals surface area contributed by atoms with Gasteiger partial charge in [-0.2, -0.15) is 0 Å². The first kappa shape index (κ1) is 19.5. The Balaban J connectivity index is 1.66. The first-order chi connectivity index (χ1) is 13.1. The van der Waals surface area contributed by atoms with Crippen molar-refractivity contribution in [1.82, 2.24) is 9.80 Å². The summed E-state index contributed by atoms with van der Waals surface area (Å²) in [6.45, 7) is 8.25. The average Bonchev–Trinajstić information content (AvgIpc) is 2.74. The molecule has 0 radical (unpaired) electrons. The molecule has 1 aliphatic rings. The lowest BCUT2D eigenvalue weighted by molar-refractivity contribution is -0.162. The van der Waals surface area contributed by atoms with Crippen molar-refractivity contribution < 1.29 is 14.6 Å². The summed E-state index contributed by atoms with van der Waals surface area (Å²) in [7, 11) is 0. The quantitative estimate of drug-likeness (QED) is 0.759. The Morgan fingerprint density at radius 1 is 0.926 bits per heavy atom. The van der Waals surface area contributed by atoms with E-state index in [1.54, 1.807) is 24.3 Å². The molecule has 5 heteroatoms. The van der Waals surface area contributed by atoms with Crippen LogP contribution in [0.2, 0.25) is 0 Å². The van der Waals surface area contributed by atoms with Crippen LogP contribution in [0, 0.1) is 0 Å². The number of rotatable bonds is 7. The maximum atomic E-state index is 12.9. The number of ether oxygens (including phenoxy) is 1. The predicted molar refractivity (Wildman–Crippen MR) is 105 cm³/mol. The highest BCUT2D eigenvalue weighted by Gasteiger charge is 2.41. The smallest absolute Gasteiger partial charge is 0.347 e. The van der Waals surface area contributed by atoms with Crippen LogP contribution in [0.15, 0.2) is 60.7 Å². The third-order valence-corrected chi connectivity index (χ3v) is 5.23. The molecule has 0 bridgehead atoms. The number of nitrogens with zero attached hydrogens (tertiary/aromatic N) is 2. The van der Waals surface area contributed by atoms with Gasteiger partial charge in [-0.3, -0.25) is 4.90 Å². The molecule has 1 saturated heterocycles. The van der Waals surface area contributed by atoms with E-state index >= 15 is 0 Å². The molecule has 1 N–H and O–H groups in total. The predicted octanol–water partition coefficient (Wildman–Crippen LogP) is 2.10. The Morgan fingerprint density at radius 3 is 1.89 bits per heavy atom. The average molecular weight is 368 g/mol. The molecule has 1 fully saturated rings. The van der Waals surface area contributed by atoms with Crippen molar-refractivity contribution in [3.05, 3.63) is 71.8 Å². The molecule has 0 spiro atoms. The first-order valence-electron chi connectivity index (χ1n) is 9.60. The van der Waals surface area contributed by atoms with Crippen LogP contribution in [0.3, 0.4) is 0 Å². The number of esters is 1. The van der Waals surface area contributed by atoms with Gasteiger partial charge in [0.25, 0.3) is 0 Å². The number of benzene rings is 2. The van der Waals surface area contributed by atoms with Crippen molar-refractivity contribution in [2.75, 3.05) is 45.9 Å². The molecule has 144 valence electrons. The Bertz CT molecular complexity index is 673. The van der Waals surface area contributed by atoms with Crippen LogP contribution in [-0.2, 0) is 15.1 Å². The normalized spacial score (nSPS) is 16.2. The fraction of sp³-hybridized carbons (Fsp3) is 0.409. The maximum absolute atomic E-state index is 12.9. The standard InChI is InChI=1S/C22H28N2O3/c1-2-23-13-15-24(16-14-23)17-18-27-21(25)22(26,19-9-5-3-6-10-19)20-11-7-4-8-12-20/h3-12,26H,2,13-18H2,1H3. The van der Waals surface area contributed by atoms with Gasteiger partial charge in [-0.1, -0.05) is 67.6 Å². The summed E-state index contributed by atoms with van der Waals surface area (Å²) in [4.78, 5) is 17.6. The van der Waals surface area contributed by atoms with Gasteiger partial charge in [0, 0.05) is 32.7 Å². The zero-order valence-electron chi connectivity index (χ0n) is 15.9. The summed E-state index contributed by atoms with van der Waals surface area (Å²) in [5.74, 6) is -0.632. The second kappa shape index (κ2) is 9.13. The highest BCUT2D eigenvalue weighted by atomic mass is 16.5. The molecule has 27 heavy (non-hydrogen) atoms. The van der Waals surface area contributed by atoms with E-state index in [0.29, 0.717) is 17.7 Å². The molecule has 0 amide bonds. The summed E-state index contributed by atoms with van der Waals surface area (Å²) in [6, 6.07) is 17.9. The van der Waals surface area contributed by atoms with Crippen molar-refractivity contribution in [2.24, 2.45) is 0 Å². The fourth-order valence-electron chi connectivity index (χ4n) is 3.46. The fourth-order valence-corrected chi connectivity index (χ4v) is 3.46. The van der Waals surface area contributed by atoms with Crippen molar-refractivity contribution in [2.45, 2.75) is 12.5 Å². The summed E-state index contributed by atoms with van der Waals surface area (Å²) in [6.07, 6.45) is 0. The Kier molecular flexibility index (Phi) is 6.61. The zero-order valence-corrected chi connectivity index (χ0v) is 15.9. The first-order valence-corrected chi connectivity index (χ1v) is 9.60. The Labute approximate surface area is 161 Å². The summed E-state index contributed by atoms with van der Waals surface area (Å²) >= 11 is 0. The Hall–Kier alpha value is -2.21. The van der Waals surface area contributed by atoms with Gasteiger partial charge in [-0.15, -0.1) is 0 Å². The molecular weight excluding hydrogens is 340 g/mol. The van der Waals surface area contributed by atoms with E-state index in [0.717, 1.165) is 32.7 Å². The molecule has 5 nitrogen and oxygen atoms in total. The molecule has 0 saturated carbocycles. The molecule has 0 aromatic heterocycles. The van der Waals surface area contributed by atoms with Gasteiger partial charge in [-0.25, -0.2) is 4.79 Å². The van der Waals surface area contributed by atoms with Crippen molar-refractivity contribution in [1.29, 1.82) is 0 Å². The van der Waals surface area contributed by atoms with E-state index in [4.69, 9.17) is 4.74 Å².